The van der Waals surface area contributed by atoms with Gasteiger partial charge >= 0.3 is 0 Å². The first-order valence-electron chi connectivity index (χ1n) is 5.83. The lowest BCUT2D eigenvalue weighted by molar-refractivity contribution is 0.473. The van der Waals surface area contributed by atoms with Crippen LogP contribution in [0, 0.1) is 11.3 Å². The summed E-state index contributed by atoms with van der Waals surface area (Å²) < 4.78 is 1.66. The summed E-state index contributed by atoms with van der Waals surface area (Å²) in [5, 5.41) is 23.0. The second-order valence-corrected chi connectivity index (χ2v) is 6.10. The van der Waals surface area contributed by atoms with Crippen LogP contribution in [0.4, 0.5) is 0 Å². The van der Waals surface area contributed by atoms with Crippen LogP contribution in [-0.2, 0) is 4.75 Å². The van der Waals surface area contributed by atoms with Gasteiger partial charge in [-0.05, 0) is 44.4 Å². The van der Waals surface area contributed by atoms with Gasteiger partial charge in [0.2, 0.25) is 0 Å². The van der Waals surface area contributed by atoms with Crippen LogP contribution >= 0.6 is 11.8 Å². The van der Waals surface area contributed by atoms with Gasteiger partial charge in [0.15, 0.2) is 0 Å². The molecule has 0 fully saturated rings. The first kappa shape index (κ1) is 13.5. The van der Waals surface area contributed by atoms with Crippen molar-refractivity contribution in [1.82, 2.24) is 9.78 Å². The number of nitriles is 1. The molecule has 1 aromatic carbocycles. The van der Waals surface area contributed by atoms with Gasteiger partial charge in [-0.25, -0.2) is 4.68 Å². The molecular formula is C14H15N3OS. The summed E-state index contributed by atoms with van der Waals surface area (Å²) in [7, 11) is 0. The molecule has 0 spiro atoms. The van der Waals surface area contributed by atoms with E-state index < -0.39 is 0 Å². The van der Waals surface area contributed by atoms with Crippen molar-refractivity contribution in [3.8, 4) is 17.5 Å². The Morgan fingerprint density at radius 2 is 2.11 bits per heavy atom. The predicted octanol–water partition coefficient (Wildman–Crippen LogP) is 3.05. The van der Waals surface area contributed by atoms with E-state index in [0.717, 1.165) is 11.4 Å². The number of aromatic hydroxyl groups is 1. The maximum atomic E-state index is 9.50. The van der Waals surface area contributed by atoms with Gasteiger partial charge in [-0.2, -0.15) is 22.1 Å². The standard InChI is InChI=1S/C14H15N3OS/c1-14(2,19-3)13-6-7-17(16-13)11-4-5-12(18)10(8-11)9-15/h4-8,18H,1-3H3. The van der Waals surface area contributed by atoms with Gasteiger partial charge in [-0.1, -0.05) is 0 Å². The van der Waals surface area contributed by atoms with Crippen LogP contribution in [0.5, 0.6) is 5.75 Å². The van der Waals surface area contributed by atoms with Crippen molar-refractivity contribution in [2.45, 2.75) is 18.6 Å². The lowest BCUT2D eigenvalue weighted by Gasteiger charge is -2.18. The molecule has 2 rings (SSSR count). The zero-order valence-electron chi connectivity index (χ0n) is 11.1. The van der Waals surface area contributed by atoms with E-state index in [2.05, 4.69) is 18.9 Å². The maximum Gasteiger partial charge on any atom is 0.133 e. The number of benzene rings is 1. The summed E-state index contributed by atoms with van der Waals surface area (Å²) in [6, 6.07) is 8.79. The molecule has 0 aliphatic rings. The van der Waals surface area contributed by atoms with E-state index >= 15 is 0 Å². The van der Waals surface area contributed by atoms with Crippen molar-refractivity contribution in [2.75, 3.05) is 6.26 Å². The van der Waals surface area contributed by atoms with Crippen LogP contribution < -0.4 is 0 Å². The number of rotatable bonds is 3. The summed E-state index contributed by atoms with van der Waals surface area (Å²) in [5.74, 6) is -0.0110. The molecule has 0 bridgehead atoms. The highest BCUT2D eigenvalue weighted by Crippen LogP contribution is 2.32. The fourth-order valence-electron chi connectivity index (χ4n) is 1.65. The fraction of sp³-hybridized carbons (Fsp3) is 0.286. The van der Waals surface area contributed by atoms with Gasteiger partial charge in [0.1, 0.15) is 11.8 Å². The molecule has 2 aromatic rings. The number of aromatic nitrogens is 2. The summed E-state index contributed by atoms with van der Waals surface area (Å²) in [5.41, 5.74) is 1.99. The zero-order valence-corrected chi connectivity index (χ0v) is 11.9. The van der Waals surface area contributed by atoms with Gasteiger partial charge in [0.05, 0.1) is 21.7 Å². The molecule has 0 atom stereocenters. The largest absolute Gasteiger partial charge is 0.507 e. The Hall–Kier alpha value is -1.93. The highest BCUT2D eigenvalue weighted by molar-refractivity contribution is 7.99. The van der Waals surface area contributed by atoms with Crippen molar-refractivity contribution >= 4 is 11.8 Å². The van der Waals surface area contributed by atoms with Gasteiger partial charge in [-0.3, -0.25) is 0 Å². The van der Waals surface area contributed by atoms with E-state index in [1.165, 1.54) is 6.07 Å². The minimum atomic E-state index is -0.0553. The Labute approximate surface area is 116 Å². The van der Waals surface area contributed by atoms with Crippen molar-refractivity contribution in [1.29, 1.82) is 5.26 Å². The Kier molecular flexibility index (Phi) is 3.54. The molecule has 0 radical (unpaired) electrons. The fourth-order valence-corrected chi connectivity index (χ4v) is 1.97. The molecule has 0 aliphatic carbocycles. The highest BCUT2D eigenvalue weighted by Gasteiger charge is 2.22. The smallest absolute Gasteiger partial charge is 0.133 e. The Morgan fingerprint density at radius 3 is 2.74 bits per heavy atom. The number of nitrogens with zero attached hydrogens (tertiary/aromatic N) is 3. The van der Waals surface area contributed by atoms with E-state index in [9.17, 15) is 5.11 Å². The van der Waals surface area contributed by atoms with E-state index in [1.807, 2.05) is 24.6 Å². The molecule has 1 heterocycles. The molecule has 19 heavy (non-hydrogen) atoms. The Bertz CT molecular complexity index is 640. The highest BCUT2D eigenvalue weighted by atomic mass is 32.2. The molecule has 0 saturated carbocycles. The summed E-state index contributed by atoms with van der Waals surface area (Å²) >= 11 is 1.73. The minimum absolute atomic E-state index is 0.0110. The summed E-state index contributed by atoms with van der Waals surface area (Å²) in [4.78, 5) is 0. The van der Waals surface area contributed by atoms with Crippen molar-refractivity contribution < 1.29 is 5.11 Å². The normalized spacial score (nSPS) is 11.3. The molecule has 0 aliphatic heterocycles. The van der Waals surface area contributed by atoms with Crippen LogP contribution in [0.15, 0.2) is 30.5 Å². The monoisotopic (exact) mass is 273 g/mol. The zero-order chi connectivity index (χ0) is 14.0. The first-order chi connectivity index (χ1) is 8.97. The van der Waals surface area contributed by atoms with Crippen LogP contribution in [0.25, 0.3) is 5.69 Å². The van der Waals surface area contributed by atoms with E-state index in [0.29, 0.717) is 0 Å². The van der Waals surface area contributed by atoms with E-state index in [4.69, 9.17) is 5.26 Å². The molecule has 1 N–H and O–H groups in total. The van der Waals surface area contributed by atoms with Crippen LogP contribution in [0.3, 0.4) is 0 Å². The maximum absolute atomic E-state index is 9.50. The van der Waals surface area contributed by atoms with E-state index in [-0.39, 0.29) is 16.1 Å². The third-order valence-corrected chi connectivity index (χ3v) is 4.31. The van der Waals surface area contributed by atoms with Crippen molar-refractivity contribution in [3.63, 3.8) is 0 Å². The SMILES string of the molecule is CSC(C)(C)c1ccn(-c2ccc(O)c(C#N)c2)n1. The lowest BCUT2D eigenvalue weighted by atomic mass is 10.1. The molecule has 4 nitrogen and oxygen atoms in total. The molecule has 0 amide bonds. The first-order valence-corrected chi connectivity index (χ1v) is 7.05. The third kappa shape index (κ3) is 2.59. The number of phenols is 1. The molecule has 5 heteroatoms. The Morgan fingerprint density at radius 1 is 1.37 bits per heavy atom. The predicted molar refractivity (Wildman–Crippen MR) is 76.5 cm³/mol. The molecule has 1 aromatic heterocycles. The summed E-state index contributed by atoms with van der Waals surface area (Å²) in [6.45, 7) is 4.23. The van der Waals surface area contributed by atoms with Crippen LogP contribution in [0.2, 0.25) is 0 Å². The van der Waals surface area contributed by atoms with Gasteiger partial charge in [0.25, 0.3) is 0 Å². The lowest BCUT2D eigenvalue weighted by Crippen LogP contribution is -2.12. The minimum Gasteiger partial charge on any atom is -0.507 e. The van der Waals surface area contributed by atoms with E-state index in [1.54, 1.807) is 28.6 Å². The number of hydrogen-bond donors (Lipinski definition) is 1. The van der Waals surface area contributed by atoms with Crippen molar-refractivity contribution in [3.05, 3.63) is 41.7 Å². The molecular weight excluding hydrogens is 258 g/mol. The molecule has 0 unspecified atom stereocenters. The quantitative estimate of drug-likeness (QED) is 0.933. The van der Waals surface area contributed by atoms with Crippen molar-refractivity contribution in [2.24, 2.45) is 0 Å². The second-order valence-electron chi connectivity index (χ2n) is 4.67. The average molecular weight is 273 g/mol. The van der Waals surface area contributed by atoms with Crippen LogP contribution in [0.1, 0.15) is 25.1 Å². The van der Waals surface area contributed by atoms with Gasteiger partial charge in [-0.15, -0.1) is 0 Å². The second kappa shape index (κ2) is 4.98. The van der Waals surface area contributed by atoms with Gasteiger partial charge in [0, 0.05) is 6.20 Å². The topological polar surface area (TPSA) is 61.8 Å². The Balaban J connectivity index is 2.42. The number of hydrogen-bond acceptors (Lipinski definition) is 4. The molecule has 0 saturated heterocycles. The molecule has 98 valence electrons. The third-order valence-electron chi connectivity index (χ3n) is 3.08. The summed E-state index contributed by atoms with van der Waals surface area (Å²) in [6.07, 6.45) is 3.91. The number of phenolic OH excluding ortho intramolecular Hbond substituents is 1. The number of thioether (sulfide) groups is 1. The van der Waals surface area contributed by atoms with Gasteiger partial charge < -0.3 is 5.11 Å². The average Bonchev–Trinajstić information content (AvgIpc) is 2.89. The van der Waals surface area contributed by atoms with Crippen LogP contribution in [-0.4, -0.2) is 21.1 Å².